The number of hydrogen-bond acceptors (Lipinski definition) is 4. The predicted octanol–water partition coefficient (Wildman–Crippen LogP) is 3.82. The van der Waals surface area contributed by atoms with Crippen LogP contribution in [0, 0.1) is 5.92 Å². The summed E-state index contributed by atoms with van der Waals surface area (Å²) in [6.07, 6.45) is 5.76. The van der Waals surface area contributed by atoms with Gasteiger partial charge in [0.15, 0.2) is 11.5 Å². The van der Waals surface area contributed by atoms with E-state index in [1.54, 1.807) is 7.11 Å². The molecule has 1 fully saturated rings. The molecule has 1 saturated carbocycles. The van der Waals surface area contributed by atoms with Crippen LogP contribution in [-0.4, -0.2) is 25.2 Å². The topological polar surface area (TPSA) is 73.6 Å². The maximum absolute atomic E-state index is 12.4. The number of benzene rings is 1. The molecule has 0 spiro atoms. The zero-order chi connectivity index (χ0) is 18.3. The number of nitrogens with one attached hydrogen (secondary N) is 1. The van der Waals surface area contributed by atoms with Gasteiger partial charge >= 0.3 is 0 Å². The van der Waals surface area contributed by atoms with Gasteiger partial charge in [0, 0.05) is 6.54 Å². The van der Waals surface area contributed by atoms with Crippen LogP contribution in [-0.2, 0) is 11.3 Å². The first-order chi connectivity index (χ1) is 11.9. The van der Waals surface area contributed by atoms with Crippen molar-refractivity contribution in [2.24, 2.45) is 11.7 Å². The van der Waals surface area contributed by atoms with Gasteiger partial charge < -0.3 is 20.5 Å². The molecule has 0 radical (unpaired) electrons. The fourth-order valence-electron chi connectivity index (χ4n) is 3.11. The normalized spacial score (nSPS) is 15.9. The van der Waals surface area contributed by atoms with Gasteiger partial charge in [-0.2, -0.15) is 0 Å². The number of ether oxygens (including phenoxy) is 2. The van der Waals surface area contributed by atoms with E-state index in [4.69, 9.17) is 15.2 Å². The Kier molecular flexibility index (Phi) is 9.23. The van der Waals surface area contributed by atoms with Gasteiger partial charge in [0.2, 0.25) is 5.91 Å². The van der Waals surface area contributed by atoms with Gasteiger partial charge in [0.1, 0.15) is 0 Å². The number of methoxy groups -OCH3 is 1. The molecule has 3 N–H and O–H groups in total. The van der Waals surface area contributed by atoms with E-state index in [2.05, 4.69) is 19.2 Å². The average molecular weight is 385 g/mol. The third-order valence-corrected chi connectivity index (χ3v) is 4.83. The Morgan fingerprint density at radius 2 is 1.92 bits per heavy atom. The molecular weight excluding hydrogens is 352 g/mol. The Labute approximate surface area is 163 Å². The number of hydrogen-bond donors (Lipinski definition) is 2. The van der Waals surface area contributed by atoms with Crippen molar-refractivity contribution in [2.45, 2.75) is 64.5 Å². The summed E-state index contributed by atoms with van der Waals surface area (Å²) in [5.74, 6) is 1.98. The fourth-order valence-corrected chi connectivity index (χ4v) is 3.11. The quantitative estimate of drug-likeness (QED) is 0.714. The highest BCUT2D eigenvalue weighted by Crippen LogP contribution is 2.29. The molecule has 0 heterocycles. The van der Waals surface area contributed by atoms with Gasteiger partial charge in [-0.1, -0.05) is 39.2 Å². The van der Waals surface area contributed by atoms with Crippen LogP contribution in [0.4, 0.5) is 0 Å². The molecule has 0 aliphatic heterocycles. The molecule has 0 unspecified atom stereocenters. The summed E-state index contributed by atoms with van der Waals surface area (Å²) < 4.78 is 11.2. The minimum Gasteiger partial charge on any atom is -0.493 e. The lowest BCUT2D eigenvalue weighted by Gasteiger charge is -2.31. The third-order valence-electron chi connectivity index (χ3n) is 4.83. The maximum atomic E-state index is 12.4. The summed E-state index contributed by atoms with van der Waals surface area (Å²) in [5, 5.41) is 2.98. The first kappa shape index (κ1) is 22.6. The molecule has 2 rings (SSSR count). The van der Waals surface area contributed by atoms with Crippen LogP contribution in [0.15, 0.2) is 18.2 Å². The van der Waals surface area contributed by atoms with Crippen LogP contribution >= 0.6 is 12.4 Å². The van der Waals surface area contributed by atoms with E-state index in [0.29, 0.717) is 24.8 Å². The second-order valence-electron chi connectivity index (χ2n) is 7.42. The van der Waals surface area contributed by atoms with E-state index in [1.807, 2.05) is 18.2 Å². The minimum absolute atomic E-state index is 0. The molecule has 1 aromatic carbocycles. The number of amides is 1. The van der Waals surface area contributed by atoms with Crippen LogP contribution in [0.3, 0.4) is 0 Å². The SMILES string of the molecule is COc1cc(CNC(=O)C2(N)CCCCC2)ccc1OCCC(C)C.Cl. The van der Waals surface area contributed by atoms with Crippen molar-refractivity contribution in [1.29, 1.82) is 0 Å². The molecule has 0 aromatic heterocycles. The van der Waals surface area contributed by atoms with Crippen molar-refractivity contribution in [3.63, 3.8) is 0 Å². The first-order valence-corrected chi connectivity index (χ1v) is 9.31. The Morgan fingerprint density at radius 3 is 2.54 bits per heavy atom. The summed E-state index contributed by atoms with van der Waals surface area (Å²) in [6.45, 7) is 5.45. The highest BCUT2D eigenvalue weighted by Gasteiger charge is 2.34. The number of nitrogens with two attached hydrogens (primary N) is 1. The molecule has 1 aliphatic rings. The largest absolute Gasteiger partial charge is 0.493 e. The Balaban J connectivity index is 0.00000338. The van der Waals surface area contributed by atoms with Gasteiger partial charge in [-0.3, -0.25) is 4.79 Å². The van der Waals surface area contributed by atoms with Crippen LogP contribution in [0.25, 0.3) is 0 Å². The second-order valence-corrected chi connectivity index (χ2v) is 7.42. The molecule has 0 saturated heterocycles. The molecule has 5 nitrogen and oxygen atoms in total. The van der Waals surface area contributed by atoms with E-state index in [1.165, 1.54) is 6.42 Å². The number of rotatable bonds is 8. The highest BCUT2D eigenvalue weighted by molar-refractivity contribution is 5.86. The fraction of sp³-hybridized carbons (Fsp3) is 0.650. The van der Waals surface area contributed by atoms with Gasteiger partial charge in [-0.15, -0.1) is 12.4 Å². The van der Waals surface area contributed by atoms with E-state index >= 15 is 0 Å². The average Bonchev–Trinajstić information content (AvgIpc) is 2.60. The van der Waals surface area contributed by atoms with E-state index in [0.717, 1.165) is 43.4 Å². The van der Waals surface area contributed by atoms with Crippen LogP contribution < -0.4 is 20.5 Å². The second kappa shape index (κ2) is 10.6. The van der Waals surface area contributed by atoms with Crippen LogP contribution in [0.5, 0.6) is 11.5 Å². The van der Waals surface area contributed by atoms with Gasteiger partial charge in [-0.05, 0) is 42.9 Å². The predicted molar refractivity (Wildman–Crippen MR) is 107 cm³/mol. The zero-order valence-corrected chi connectivity index (χ0v) is 17.0. The minimum atomic E-state index is -0.706. The molecule has 1 amide bonds. The van der Waals surface area contributed by atoms with Crippen molar-refractivity contribution in [1.82, 2.24) is 5.32 Å². The van der Waals surface area contributed by atoms with E-state index < -0.39 is 5.54 Å². The number of halogens is 1. The maximum Gasteiger partial charge on any atom is 0.240 e. The lowest BCUT2D eigenvalue weighted by Crippen LogP contribution is -2.54. The van der Waals surface area contributed by atoms with E-state index in [-0.39, 0.29) is 18.3 Å². The summed E-state index contributed by atoms with van der Waals surface area (Å²) in [7, 11) is 1.63. The Bertz CT molecular complexity index is 572. The summed E-state index contributed by atoms with van der Waals surface area (Å²) in [6, 6.07) is 5.77. The van der Waals surface area contributed by atoms with Crippen molar-refractivity contribution >= 4 is 18.3 Å². The van der Waals surface area contributed by atoms with Crippen molar-refractivity contribution in [2.75, 3.05) is 13.7 Å². The first-order valence-electron chi connectivity index (χ1n) is 9.31. The summed E-state index contributed by atoms with van der Waals surface area (Å²) in [4.78, 5) is 12.4. The van der Waals surface area contributed by atoms with Crippen molar-refractivity contribution < 1.29 is 14.3 Å². The van der Waals surface area contributed by atoms with E-state index in [9.17, 15) is 4.79 Å². The number of carbonyl (C=O) groups excluding carboxylic acids is 1. The van der Waals surface area contributed by atoms with Gasteiger partial charge in [-0.25, -0.2) is 0 Å². The van der Waals surface area contributed by atoms with Crippen LogP contribution in [0.2, 0.25) is 0 Å². The standard InChI is InChI=1S/C20H32N2O3.ClH/c1-15(2)9-12-25-17-8-7-16(13-18(17)24-3)14-22-19(23)20(21)10-5-4-6-11-20;/h7-8,13,15H,4-6,9-12,14,21H2,1-3H3,(H,22,23);1H. The molecule has 1 aliphatic carbocycles. The molecule has 6 heteroatoms. The van der Waals surface area contributed by atoms with Gasteiger partial charge in [0.05, 0.1) is 19.3 Å². The lowest BCUT2D eigenvalue weighted by atomic mass is 9.82. The zero-order valence-electron chi connectivity index (χ0n) is 16.2. The summed E-state index contributed by atoms with van der Waals surface area (Å²) >= 11 is 0. The molecule has 148 valence electrons. The molecule has 26 heavy (non-hydrogen) atoms. The smallest absolute Gasteiger partial charge is 0.240 e. The lowest BCUT2D eigenvalue weighted by molar-refractivity contribution is -0.127. The van der Waals surface area contributed by atoms with Crippen molar-refractivity contribution in [3.05, 3.63) is 23.8 Å². The monoisotopic (exact) mass is 384 g/mol. The molecule has 0 bridgehead atoms. The van der Waals surface area contributed by atoms with Crippen LogP contribution in [0.1, 0.15) is 57.9 Å². The highest BCUT2D eigenvalue weighted by atomic mass is 35.5. The number of carbonyl (C=O) groups is 1. The third kappa shape index (κ3) is 6.36. The van der Waals surface area contributed by atoms with Gasteiger partial charge in [0.25, 0.3) is 0 Å². The Hall–Kier alpha value is -1.46. The molecule has 0 atom stereocenters. The van der Waals surface area contributed by atoms with Crippen molar-refractivity contribution in [3.8, 4) is 11.5 Å². The molecular formula is C20H33ClN2O3. The molecule has 1 aromatic rings. The Morgan fingerprint density at radius 1 is 1.23 bits per heavy atom. The summed E-state index contributed by atoms with van der Waals surface area (Å²) in [5.41, 5.74) is 6.54.